The molecule has 0 atom stereocenters. The molecule has 1 fully saturated rings. The number of aryl methyl sites for hydroxylation is 1. The molecule has 0 spiro atoms. The normalized spacial score (nSPS) is 14.4. The van der Waals surface area contributed by atoms with Crippen molar-refractivity contribution >= 4 is 46.6 Å². The van der Waals surface area contributed by atoms with Crippen molar-refractivity contribution in [2.45, 2.75) is 33.1 Å². The highest BCUT2D eigenvalue weighted by molar-refractivity contribution is 14.0. The van der Waals surface area contributed by atoms with Crippen LogP contribution in [0.15, 0.2) is 29.3 Å². The molecule has 1 aromatic carbocycles. The van der Waals surface area contributed by atoms with Gasteiger partial charge in [0.1, 0.15) is 11.6 Å². The van der Waals surface area contributed by atoms with Crippen LogP contribution < -0.4 is 15.0 Å². The number of anilines is 1. The summed E-state index contributed by atoms with van der Waals surface area (Å²) in [6.45, 7) is 9.56. The predicted molar refractivity (Wildman–Crippen MR) is 136 cm³/mol. The van der Waals surface area contributed by atoms with Crippen molar-refractivity contribution < 1.29 is 4.74 Å². The summed E-state index contributed by atoms with van der Waals surface area (Å²) in [6, 6.07) is 8.36. The SMILES string of the molecule is CCCOc1cccc(CCNC(=NC)N2CCN(c3nc(CC)ns3)CC2)c1.I. The molecule has 0 radical (unpaired) electrons. The summed E-state index contributed by atoms with van der Waals surface area (Å²) in [6.07, 6.45) is 2.85. The van der Waals surface area contributed by atoms with Crippen LogP contribution in [-0.4, -0.2) is 66.6 Å². The first-order chi connectivity index (χ1) is 14.2. The van der Waals surface area contributed by atoms with E-state index in [1.807, 2.05) is 13.1 Å². The number of nitrogens with one attached hydrogen (secondary N) is 1. The van der Waals surface area contributed by atoms with Gasteiger partial charge < -0.3 is 19.9 Å². The number of piperazine rings is 1. The fraction of sp³-hybridized carbons (Fsp3) is 0.571. The summed E-state index contributed by atoms with van der Waals surface area (Å²) in [5.74, 6) is 2.86. The molecule has 30 heavy (non-hydrogen) atoms. The lowest BCUT2D eigenvalue weighted by Crippen LogP contribution is -2.52. The van der Waals surface area contributed by atoms with Gasteiger partial charge in [-0.2, -0.15) is 4.37 Å². The first-order valence-corrected chi connectivity index (χ1v) is 11.3. The minimum absolute atomic E-state index is 0. The molecule has 7 nitrogen and oxygen atoms in total. The van der Waals surface area contributed by atoms with E-state index in [-0.39, 0.29) is 24.0 Å². The third-order valence-corrected chi connectivity index (χ3v) is 5.72. The third kappa shape index (κ3) is 6.97. The maximum Gasteiger partial charge on any atom is 0.205 e. The maximum atomic E-state index is 5.73. The van der Waals surface area contributed by atoms with Crippen molar-refractivity contribution in [3.63, 3.8) is 0 Å². The van der Waals surface area contributed by atoms with Crippen LogP contribution in [0, 0.1) is 0 Å². The molecule has 1 saturated heterocycles. The van der Waals surface area contributed by atoms with E-state index in [1.54, 1.807) is 0 Å². The van der Waals surface area contributed by atoms with E-state index >= 15 is 0 Å². The largest absolute Gasteiger partial charge is 0.494 e. The minimum Gasteiger partial charge on any atom is -0.494 e. The molecule has 1 N–H and O–H groups in total. The summed E-state index contributed by atoms with van der Waals surface area (Å²) in [4.78, 5) is 13.7. The summed E-state index contributed by atoms with van der Waals surface area (Å²) in [5, 5.41) is 4.55. The fourth-order valence-electron chi connectivity index (χ4n) is 3.29. The molecule has 0 aliphatic carbocycles. The van der Waals surface area contributed by atoms with Gasteiger partial charge in [-0.3, -0.25) is 4.99 Å². The Morgan fingerprint density at radius 1 is 1.23 bits per heavy atom. The van der Waals surface area contributed by atoms with Gasteiger partial charge in [0.05, 0.1) is 6.61 Å². The lowest BCUT2D eigenvalue weighted by atomic mass is 10.1. The summed E-state index contributed by atoms with van der Waals surface area (Å²) in [5.41, 5.74) is 1.27. The third-order valence-electron chi connectivity index (χ3n) is 4.90. The van der Waals surface area contributed by atoms with Crippen LogP contribution in [0.1, 0.15) is 31.7 Å². The highest BCUT2D eigenvalue weighted by Gasteiger charge is 2.21. The highest BCUT2D eigenvalue weighted by atomic mass is 127. The molecule has 2 heterocycles. The molecule has 166 valence electrons. The number of rotatable bonds is 8. The van der Waals surface area contributed by atoms with Crippen LogP contribution >= 0.6 is 35.5 Å². The Kier molecular flexibility index (Phi) is 10.6. The molecule has 1 aliphatic rings. The molecule has 0 saturated carbocycles. The molecule has 2 aromatic rings. The number of nitrogens with zero attached hydrogens (tertiary/aromatic N) is 5. The topological polar surface area (TPSA) is 65.9 Å². The molecule has 9 heteroatoms. The van der Waals surface area contributed by atoms with Gasteiger partial charge in [-0.05, 0) is 30.5 Å². The Bertz CT molecular complexity index is 791. The standard InChI is InChI=1S/C21H32N6OS.HI/c1-4-15-28-18-8-6-7-17(16-18)9-10-23-20(22-3)26-11-13-27(14-12-26)21-24-19(5-2)25-29-21;/h6-8,16H,4-5,9-15H2,1-3H3,(H,22,23);1H. The maximum absolute atomic E-state index is 5.73. The summed E-state index contributed by atoms with van der Waals surface area (Å²) < 4.78 is 10.1. The van der Waals surface area contributed by atoms with Crippen molar-refractivity contribution in [3.05, 3.63) is 35.7 Å². The second kappa shape index (κ2) is 12.9. The van der Waals surface area contributed by atoms with Crippen LogP contribution in [0.4, 0.5) is 5.13 Å². The molecule has 0 amide bonds. The van der Waals surface area contributed by atoms with E-state index in [2.05, 4.69) is 61.5 Å². The number of halogens is 1. The van der Waals surface area contributed by atoms with Gasteiger partial charge in [-0.15, -0.1) is 24.0 Å². The van der Waals surface area contributed by atoms with Crippen LogP contribution in [0.3, 0.4) is 0 Å². The first-order valence-electron chi connectivity index (χ1n) is 10.5. The van der Waals surface area contributed by atoms with E-state index in [4.69, 9.17) is 4.74 Å². The molecular formula is C21H33IN6OS. The number of benzene rings is 1. The summed E-state index contributed by atoms with van der Waals surface area (Å²) in [7, 11) is 1.85. The number of aromatic nitrogens is 2. The van der Waals surface area contributed by atoms with E-state index in [1.165, 1.54) is 17.1 Å². The van der Waals surface area contributed by atoms with Gasteiger partial charge in [-0.25, -0.2) is 4.98 Å². The molecule has 0 unspecified atom stereocenters. The number of guanidine groups is 1. The molecule has 3 rings (SSSR count). The Morgan fingerprint density at radius 3 is 2.70 bits per heavy atom. The Morgan fingerprint density at radius 2 is 2.03 bits per heavy atom. The number of hydrogen-bond acceptors (Lipinski definition) is 6. The average molecular weight is 545 g/mol. The van der Waals surface area contributed by atoms with Crippen LogP contribution in [0.5, 0.6) is 5.75 Å². The van der Waals surface area contributed by atoms with Crippen molar-refractivity contribution in [2.75, 3.05) is 51.3 Å². The zero-order valence-corrected chi connectivity index (χ0v) is 21.3. The van der Waals surface area contributed by atoms with Crippen LogP contribution in [0.25, 0.3) is 0 Å². The first kappa shape index (κ1) is 24.6. The van der Waals surface area contributed by atoms with Gasteiger partial charge in [0.2, 0.25) is 5.13 Å². The Labute approximate surface area is 201 Å². The van der Waals surface area contributed by atoms with Gasteiger partial charge >= 0.3 is 0 Å². The number of hydrogen-bond donors (Lipinski definition) is 1. The molecular weight excluding hydrogens is 511 g/mol. The van der Waals surface area contributed by atoms with Crippen molar-refractivity contribution in [1.82, 2.24) is 19.6 Å². The van der Waals surface area contributed by atoms with E-state index in [0.29, 0.717) is 0 Å². The zero-order valence-electron chi connectivity index (χ0n) is 18.1. The van der Waals surface area contributed by atoms with Gasteiger partial charge in [0.15, 0.2) is 5.96 Å². The smallest absolute Gasteiger partial charge is 0.205 e. The fourth-order valence-corrected chi connectivity index (χ4v) is 4.09. The van der Waals surface area contributed by atoms with Gasteiger partial charge in [0.25, 0.3) is 0 Å². The number of ether oxygens (including phenoxy) is 1. The van der Waals surface area contributed by atoms with Crippen LogP contribution in [0.2, 0.25) is 0 Å². The van der Waals surface area contributed by atoms with Crippen molar-refractivity contribution in [3.8, 4) is 5.75 Å². The van der Waals surface area contributed by atoms with E-state index < -0.39 is 0 Å². The second-order valence-electron chi connectivity index (χ2n) is 7.04. The lowest BCUT2D eigenvalue weighted by molar-refractivity contribution is 0.317. The second-order valence-corrected chi connectivity index (χ2v) is 7.77. The number of aliphatic imine (C=N–C) groups is 1. The lowest BCUT2D eigenvalue weighted by Gasteiger charge is -2.36. The molecule has 1 aliphatic heterocycles. The molecule has 1 aromatic heterocycles. The zero-order chi connectivity index (χ0) is 20.5. The van der Waals surface area contributed by atoms with Gasteiger partial charge in [0, 0.05) is 57.7 Å². The highest BCUT2D eigenvalue weighted by Crippen LogP contribution is 2.19. The predicted octanol–water partition coefficient (Wildman–Crippen LogP) is 3.45. The quantitative estimate of drug-likeness (QED) is 0.312. The van der Waals surface area contributed by atoms with Crippen molar-refractivity contribution in [2.24, 2.45) is 4.99 Å². The van der Waals surface area contributed by atoms with Gasteiger partial charge in [-0.1, -0.05) is 26.0 Å². The van der Waals surface area contributed by atoms with Crippen LogP contribution in [-0.2, 0) is 12.8 Å². The van der Waals surface area contributed by atoms with Crippen molar-refractivity contribution in [1.29, 1.82) is 0 Å². The minimum atomic E-state index is 0. The molecule has 0 bridgehead atoms. The Balaban J connectivity index is 0.00000320. The Hall–Kier alpha value is -1.62. The van der Waals surface area contributed by atoms with E-state index in [0.717, 1.165) is 81.3 Å². The van der Waals surface area contributed by atoms with E-state index in [9.17, 15) is 0 Å². The summed E-state index contributed by atoms with van der Waals surface area (Å²) >= 11 is 1.50. The average Bonchev–Trinajstić information content (AvgIpc) is 3.25. The monoisotopic (exact) mass is 544 g/mol.